The molecule has 2 heterocycles. The molecule has 0 aromatic carbocycles. The molecule has 0 bridgehead atoms. The van der Waals surface area contributed by atoms with E-state index in [9.17, 15) is 32.7 Å². The van der Waals surface area contributed by atoms with Gasteiger partial charge in [0.05, 0.1) is 45.9 Å². The smallest absolute Gasteiger partial charge is 0.433 e. The van der Waals surface area contributed by atoms with Gasteiger partial charge >= 0.3 is 12.1 Å². The molecule has 1 aliphatic carbocycles. The lowest BCUT2D eigenvalue weighted by molar-refractivity contribution is -0.147. The molecule has 0 unspecified atom stereocenters. The van der Waals surface area contributed by atoms with Crippen LogP contribution in [0.1, 0.15) is 78.4 Å². The second-order valence-electron chi connectivity index (χ2n) is 9.50. The molecule has 0 aliphatic heterocycles. The van der Waals surface area contributed by atoms with Crippen molar-refractivity contribution in [2.24, 2.45) is 11.8 Å². The number of pyridine rings is 1. The zero-order valence-electron chi connectivity index (χ0n) is 20.3. The van der Waals surface area contributed by atoms with Crippen LogP contribution in [0.25, 0.3) is 0 Å². The molecule has 1 N–H and O–H groups in total. The maximum absolute atomic E-state index is 14.2. The molecular weight excluding hydrogens is 536 g/mol. The van der Waals surface area contributed by atoms with Gasteiger partial charge in [-0.3, -0.25) is 24.0 Å². The van der Waals surface area contributed by atoms with E-state index in [0.717, 1.165) is 15.8 Å². The van der Waals surface area contributed by atoms with Crippen LogP contribution in [0.15, 0.2) is 18.6 Å². The highest BCUT2D eigenvalue weighted by Gasteiger charge is 2.43. The molecule has 1 fully saturated rings. The fourth-order valence-corrected chi connectivity index (χ4v) is 4.99. The number of alkyl halides is 3. The molecule has 202 valence electrons. The lowest BCUT2D eigenvalue weighted by Crippen LogP contribution is -2.38. The van der Waals surface area contributed by atoms with E-state index in [4.69, 9.17) is 23.2 Å². The van der Waals surface area contributed by atoms with E-state index < -0.39 is 53.6 Å². The first-order valence-corrected chi connectivity index (χ1v) is 12.6. The second kappa shape index (κ2) is 11.8. The summed E-state index contributed by atoms with van der Waals surface area (Å²) in [5, 5.41) is 13.0. The van der Waals surface area contributed by atoms with Gasteiger partial charge < -0.3 is 10.0 Å². The first kappa shape index (κ1) is 28.9. The van der Waals surface area contributed by atoms with E-state index in [0.29, 0.717) is 6.42 Å². The third-order valence-corrected chi connectivity index (χ3v) is 6.99. The van der Waals surface area contributed by atoms with Gasteiger partial charge in [-0.1, -0.05) is 37.0 Å². The number of carbonyl (C=O) groups is 3. The average Bonchev–Trinajstić information content (AvgIpc) is 3.27. The van der Waals surface area contributed by atoms with Crippen LogP contribution in [0.4, 0.5) is 13.2 Å². The Bertz CT molecular complexity index is 1140. The van der Waals surface area contributed by atoms with Crippen molar-refractivity contribution in [3.8, 4) is 0 Å². The Balaban J connectivity index is 1.94. The van der Waals surface area contributed by atoms with Gasteiger partial charge in [0.2, 0.25) is 0 Å². The Labute approximate surface area is 221 Å². The molecule has 0 saturated heterocycles. The largest absolute Gasteiger partial charge is 0.481 e. The Morgan fingerprint density at radius 3 is 2.22 bits per heavy atom. The van der Waals surface area contributed by atoms with E-state index >= 15 is 0 Å². The van der Waals surface area contributed by atoms with Crippen LogP contribution in [0, 0.1) is 11.8 Å². The van der Waals surface area contributed by atoms with Crippen molar-refractivity contribution in [1.29, 1.82) is 0 Å². The number of halogens is 5. The van der Waals surface area contributed by atoms with E-state index in [2.05, 4.69) is 10.1 Å². The maximum Gasteiger partial charge on any atom is 0.433 e. The molecule has 0 radical (unpaired) electrons. The van der Waals surface area contributed by atoms with Gasteiger partial charge in [-0.15, -0.1) is 0 Å². The minimum Gasteiger partial charge on any atom is -0.481 e. The highest BCUT2D eigenvalue weighted by atomic mass is 35.5. The summed E-state index contributed by atoms with van der Waals surface area (Å²) in [5.41, 5.74) is -1.95. The number of aliphatic carboxylic acids is 1. The number of nitrogens with zero attached hydrogens (tertiary/aromatic N) is 4. The van der Waals surface area contributed by atoms with Gasteiger partial charge in [0.1, 0.15) is 0 Å². The van der Waals surface area contributed by atoms with Crippen LogP contribution in [-0.2, 0) is 11.0 Å². The molecule has 1 aliphatic rings. The Hall–Kier alpha value is -2.66. The minimum atomic E-state index is -4.91. The summed E-state index contributed by atoms with van der Waals surface area (Å²) in [7, 11) is 0. The summed E-state index contributed by atoms with van der Waals surface area (Å²) in [6.07, 6.45) is -0.382. The zero-order valence-corrected chi connectivity index (χ0v) is 21.8. The van der Waals surface area contributed by atoms with Crippen molar-refractivity contribution < 1.29 is 32.7 Å². The Kier molecular flexibility index (Phi) is 9.22. The van der Waals surface area contributed by atoms with Crippen molar-refractivity contribution in [2.75, 3.05) is 13.1 Å². The van der Waals surface area contributed by atoms with E-state index in [1.54, 1.807) is 0 Å². The summed E-state index contributed by atoms with van der Waals surface area (Å²) < 4.78 is 43.5. The van der Waals surface area contributed by atoms with Gasteiger partial charge in [-0.05, 0) is 38.0 Å². The number of hydrogen-bond acceptors (Lipinski definition) is 5. The molecule has 0 atom stereocenters. The summed E-state index contributed by atoms with van der Waals surface area (Å²) in [5.74, 6) is -3.12. The number of Topliss-reactive ketones (excluding diaryl/α,β-unsaturated/α-hetero) is 1. The molecule has 3 rings (SSSR count). The van der Waals surface area contributed by atoms with Gasteiger partial charge in [0.25, 0.3) is 5.91 Å². The monoisotopic (exact) mass is 562 g/mol. The molecule has 1 saturated carbocycles. The predicted molar refractivity (Wildman–Crippen MR) is 130 cm³/mol. The third-order valence-electron chi connectivity index (χ3n) is 6.42. The summed E-state index contributed by atoms with van der Waals surface area (Å²) in [6.45, 7) is 3.25. The quantitative estimate of drug-likeness (QED) is 0.388. The molecular formula is C24H27Cl2F3N4O4. The number of carboxylic acids is 1. The minimum absolute atomic E-state index is 0.0226. The van der Waals surface area contributed by atoms with Crippen molar-refractivity contribution in [2.45, 2.75) is 58.2 Å². The average molecular weight is 563 g/mol. The first-order valence-electron chi connectivity index (χ1n) is 11.8. The van der Waals surface area contributed by atoms with Crippen LogP contribution in [-0.4, -0.2) is 55.5 Å². The maximum atomic E-state index is 14.2. The lowest BCUT2D eigenvalue weighted by atomic mass is 9.86. The van der Waals surface area contributed by atoms with E-state index in [1.807, 2.05) is 13.8 Å². The topological polar surface area (TPSA) is 105 Å². The van der Waals surface area contributed by atoms with Gasteiger partial charge in [0.15, 0.2) is 11.5 Å². The van der Waals surface area contributed by atoms with Crippen LogP contribution in [0.5, 0.6) is 0 Å². The number of carboxylic acid groups (broad SMARTS) is 1. The molecule has 0 spiro atoms. The Morgan fingerprint density at radius 2 is 1.70 bits per heavy atom. The van der Waals surface area contributed by atoms with Crippen molar-refractivity contribution in [3.05, 3.63) is 45.5 Å². The molecule has 37 heavy (non-hydrogen) atoms. The number of amides is 1. The van der Waals surface area contributed by atoms with Crippen molar-refractivity contribution >= 4 is 40.9 Å². The van der Waals surface area contributed by atoms with Crippen LogP contribution in [0.2, 0.25) is 10.0 Å². The summed E-state index contributed by atoms with van der Waals surface area (Å²) >= 11 is 12.1. The molecule has 2 aromatic heterocycles. The van der Waals surface area contributed by atoms with E-state index in [-0.39, 0.29) is 53.8 Å². The van der Waals surface area contributed by atoms with Crippen LogP contribution >= 0.6 is 23.2 Å². The van der Waals surface area contributed by atoms with Gasteiger partial charge in [0, 0.05) is 18.9 Å². The summed E-state index contributed by atoms with van der Waals surface area (Å²) in [4.78, 5) is 42.5. The number of carbonyl (C=O) groups excluding carboxylic acids is 2. The number of hydrogen-bond donors (Lipinski definition) is 1. The normalized spacial score (nSPS) is 18.2. The summed E-state index contributed by atoms with van der Waals surface area (Å²) in [6, 6.07) is -0.700. The SMILES string of the molecule is CC(C)CCN(CC(=O)c1c(Cl)cncc1Cl)C(=O)c1cnn([C@H]2CC[C@H](C(=O)O)CC2)c1C(F)(F)F. The molecule has 2 aromatic rings. The fourth-order valence-electron chi connectivity index (χ4n) is 4.41. The van der Waals surface area contributed by atoms with Crippen LogP contribution < -0.4 is 0 Å². The van der Waals surface area contributed by atoms with Gasteiger partial charge in [-0.25, -0.2) is 0 Å². The predicted octanol–water partition coefficient (Wildman–Crippen LogP) is 5.79. The fraction of sp³-hybridized carbons (Fsp3) is 0.542. The number of ketones is 1. The van der Waals surface area contributed by atoms with Crippen molar-refractivity contribution in [3.63, 3.8) is 0 Å². The van der Waals surface area contributed by atoms with E-state index in [1.165, 1.54) is 12.4 Å². The standard InChI is InChI=1S/C24H27Cl2F3N4O4/c1-13(2)7-8-32(12-19(34)20-17(25)10-30-11-18(20)26)22(35)16-9-31-33(21(16)24(27,28)29)15-5-3-14(4-6-15)23(36)37/h9-11,13-15H,3-8,12H2,1-2H3,(H,36,37)/t14-,15-. The highest BCUT2D eigenvalue weighted by Crippen LogP contribution is 2.39. The first-order chi connectivity index (χ1) is 17.3. The van der Waals surface area contributed by atoms with Crippen LogP contribution in [0.3, 0.4) is 0 Å². The highest BCUT2D eigenvalue weighted by molar-refractivity contribution is 6.39. The zero-order chi connectivity index (χ0) is 27.5. The molecule has 1 amide bonds. The number of aromatic nitrogens is 3. The molecule has 8 nitrogen and oxygen atoms in total. The third kappa shape index (κ3) is 6.81. The van der Waals surface area contributed by atoms with Crippen molar-refractivity contribution in [1.82, 2.24) is 19.7 Å². The van der Waals surface area contributed by atoms with Gasteiger partial charge in [-0.2, -0.15) is 18.3 Å². The Morgan fingerprint density at radius 1 is 1.11 bits per heavy atom. The second-order valence-corrected chi connectivity index (χ2v) is 10.3. The lowest BCUT2D eigenvalue weighted by Gasteiger charge is -2.28. The molecule has 13 heteroatoms. The number of rotatable bonds is 9.